The van der Waals surface area contributed by atoms with E-state index in [1.165, 1.54) is 5.56 Å². The molecule has 1 aromatic heterocycles. The second kappa shape index (κ2) is 6.62. The van der Waals surface area contributed by atoms with Crippen molar-refractivity contribution in [2.75, 3.05) is 31.1 Å². The molecule has 2 heterocycles. The molecule has 23 heavy (non-hydrogen) atoms. The quantitative estimate of drug-likeness (QED) is 0.867. The molecule has 7 nitrogen and oxygen atoms in total. The van der Waals surface area contributed by atoms with Gasteiger partial charge in [0.2, 0.25) is 5.95 Å². The third-order valence-corrected chi connectivity index (χ3v) is 3.94. The van der Waals surface area contributed by atoms with Gasteiger partial charge in [-0.15, -0.1) is 0 Å². The van der Waals surface area contributed by atoms with Crippen LogP contribution >= 0.6 is 0 Å². The summed E-state index contributed by atoms with van der Waals surface area (Å²) in [6, 6.07) is 10.3. The summed E-state index contributed by atoms with van der Waals surface area (Å²) in [5, 5.41) is 8.86. The van der Waals surface area contributed by atoms with E-state index in [4.69, 9.17) is 5.11 Å². The van der Waals surface area contributed by atoms with Crippen molar-refractivity contribution in [3.8, 4) is 0 Å². The molecule has 0 radical (unpaired) electrons. The lowest BCUT2D eigenvalue weighted by Gasteiger charge is -2.34. The number of aromatic amines is 1. The van der Waals surface area contributed by atoms with Gasteiger partial charge in [0.15, 0.2) is 0 Å². The van der Waals surface area contributed by atoms with Crippen molar-refractivity contribution in [3.63, 3.8) is 0 Å². The molecule has 1 aliphatic rings. The van der Waals surface area contributed by atoms with Crippen LogP contribution in [0.3, 0.4) is 0 Å². The molecular formula is C16H18N4O3. The third kappa shape index (κ3) is 3.57. The Bertz CT molecular complexity index is 736. The third-order valence-electron chi connectivity index (χ3n) is 3.94. The van der Waals surface area contributed by atoms with Crippen LogP contribution < -0.4 is 10.5 Å². The zero-order valence-electron chi connectivity index (χ0n) is 12.6. The zero-order chi connectivity index (χ0) is 16.2. The van der Waals surface area contributed by atoms with Gasteiger partial charge in [-0.25, -0.2) is 9.78 Å². The highest BCUT2D eigenvalue weighted by atomic mass is 16.4. The maximum absolute atomic E-state index is 11.7. The Labute approximate surface area is 133 Å². The average molecular weight is 314 g/mol. The second-order valence-corrected chi connectivity index (χ2v) is 5.50. The molecule has 2 aromatic rings. The van der Waals surface area contributed by atoms with E-state index in [1.807, 2.05) is 23.1 Å². The number of piperazine rings is 1. The zero-order valence-corrected chi connectivity index (χ0v) is 12.6. The summed E-state index contributed by atoms with van der Waals surface area (Å²) >= 11 is 0. The number of carboxylic acid groups (broad SMARTS) is 1. The van der Waals surface area contributed by atoms with Crippen molar-refractivity contribution in [1.82, 2.24) is 14.9 Å². The van der Waals surface area contributed by atoms with Crippen LogP contribution in [-0.2, 0) is 6.54 Å². The van der Waals surface area contributed by atoms with Crippen molar-refractivity contribution >= 4 is 11.9 Å². The number of aromatic nitrogens is 2. The van der Waals surface area contributed by atoms with Crippen molar-refractivity contribution in [1.29, 1.82) is 0 Å². The molecule has 7 heteroatoms. The minimum absolute atomic E-state index is 0.337. The van der Waals surface area contributed by atoms with Gasteiger partial charge >= 0.3 is 5.97 Å². The first-order valence-corrected chi connectivity index (χ1v) is 7.47. The SMILES string of the molecule is O=C(O)c1cnc(N2CCN(Cc3ccccc3)CC2)[nH]c1=O. The standard InChI is InChI=1S/C16H18N4O3/c21-14-13(15(22)23)10-17-16(18-14)20-8-6-19(7-9-20)11-12-4-2-1-3-5-12/h1-5,10H,6-9,11H2,(H,22,23)(H,17,18,21). The fourth-order valence-corrected chi connectivity index (χ4v) is 2.66. The van der Waals surface area contributed by atoms with Crippen molar-refractivity contribution in [2.45, 2.75) is 6.54 Å². The summed E-state index contributed by atoms with van der Waals surface area (Å²) in [5.74, 6) is -0.836. The Morgan fingerprint density at radius 3 is 2.48 bits per heavy atom. The highest BCUT2D eigenvalue weighted by Crippen LogP contribution is 2.12. The van der Waals surface area contributed by atoms with Gasteiger partial charge in [-0.2, -0.15) is 0 Å². The number of hydrogen-bond acceptors (Lipinski definition) is 5. The molecule has 1 aliphatic heterocycles. The van der Waals surface area contributed by atoms with Gasteiger partial charge < -0.3 is 10.0 Å². The lowest BCUT2D eigenvalue weighted by Crippen LogP contribution is -2.47. The fourth-order valence-electron chi connectivity index (χ4n) is 2.66. The van der Waals surface area contributed by atoms with Crippen LogP contribution in [-0.4, -0.2) is 52.1 Å². The van der Waals surface area contributed by atoms with Crippen LogP contribution in [0.5, 0.6) is 0 Å². The van der Waals surface area contributed by atoms with Gasteiger partial charge in [0.1, 0.15) is 5.56 Å². The highest BCUT2D eigenvalue weighted by molar-refractivity contribution is 5.86. The van der Waals surface area contributed by atoms with E-state index in [0.717, 1.165) is 38.9 Å². The van der Waals surface area contributed by atoms with Crippen LogP contribution in [0.2, 0.25) is 0 Å². The molecule has 0 spiro atoms. The summed E-state index contributed by atoms with van der Waals surface area (Å²) < 4.78 is 0. The van der Waals surface area contributed by atoms with Gasteiger partial charge in [-0.1, -0.05) is 30.3 Å². The second-order valence-electron chi connectivity index (χ2n) is 5.50. The molecule has 1 aromatic carbocycles. The number of nitrogens with one attached hydrogen (secondary N) is 1. The fraction of sp³-hybridized carbons (Fsp3) is 0.312. The Hall–Kier alpha value is -2.67. The molecule has 0 unspecified atom stereocenters. The summed E-state index contributed by atoms with van der Waals surface area (Å²) in [6.45, 7) is 4.10. The first kappa shape index (κ1) is 15.2. The summed E-state index contributed by atoms with van der Waals surface area (Å²) in [5.41, 5.74) is 0.323. The predicted octanol–water partition coefficient (Wildman–Crippen LogP) is 0.790. The summed E-state index contributed by atoms with van der Waals surface area (Å²) in [7, 11) is 0. The molecule has 2 N–H and O–H groups in total. The molecule has 1 fully saturated rings. The van der Waals surface area contributed by atoms with E-state index in [9.17, 15) is 9.59 Å². The summed E-state index contributed by atoms with van der Waals surface area (Å²) in [4.78, 5) is 33.5. The first-order chi connectivity index (χ1) is 11.1. The number of anilines is 1. The smallest absolute Gasteiger partial charge is 0.342 e. The minimum atomic E-state index is -1.27. The number of aromatic carboxylic acids is 1. The van der Waals surface area contributed by atoms with Crippen molar-refractivity contribution in [2.24, 2.45) is 0 Å². The number of H-pyrrole nitrogens is 1. The van der Waals surface area contributed by atoms with Crippen LogP contribution in [0.1, 0.15) is 15.9 Å². The maximum atomic E-state index is 11.7. The number of rotatable bonds is 4. The molecule has 120 valence electrons. The maximum Gasteiger partial charge on any atom is 0.342 e. The first-order valence-electron chi connectivity index (χ1n) is 7.47. The lowest BCUT2D eigenvalue weighted by molar-refractivity contribution is 0.0694. The van der Waals surface area contributed by atoms with E-state index in [0.29, 0.717) is 5.95 Å². The van der Waals surface area contributed by atoms with E-state index >= 15 is 0 Å². The highest BCUT2D eigenvalue weighted by Gasteiger charge is 2.20. The number of carbonyl (C=O) groups is 1. The molecular weight excluding hydrogens is 296 g/mol. The topological polar surface area (TPSA) is 89.5 Å². The Morgan fingerprint density at radius 2 is 1.87 bits per heavy atom. The van der Waals surface area contributed by atoms with Crippen molar-refractivity contribution < 1.29 is 9.90 Å². The van der Waals surface area contributed by atoms with Crippen LogP contribution in [0.25, 0.3) is 0 Å². The Kier molecular flexibility index (Phi) is 4.38. The van der Waals surface area contributed by atoms with Crippen LogP contribution in [0.4, 0.5) is 5.95 Å². The molecule has 0 atom stereocenters. The Morgan fingerprint density at radius 1 is 1.17 bits per heavy atom. The molecule has 0 bridgehead atoms. The molecule has 1 saturated heterocycles. The van der Waals surface area contributed by atoms with E-state index in [1.54, 1.807) is 0 Å². The largest absolute Gasteiger partial charge is 0.477 e. The lowest BCUT2D eigenvalue weighted by atomic mass is 10.2. The van der Waals surface area contributed by atoms with Crippen molar-refractivity contribution in [3.05, 3.63) is 58.0 Å². The normalized spacial score (nSPS) is 15.6. The van der Waals surface area contributed by atoms with E-state index in [2.05, 4.69) is 27.0 Å². The van der Waals surface area contributed by atoms with E-state index in [-0.39, 0.29) is 5.56 Å². The number of hydrogen-bond donors (Lipinski definition) is 2. The molecule has 0 amide bonds. The Balaban J connectivity index is 1.62. The monoisotopic (exact) mass is 314 g/mol. The van der Waals surface area contributed by atoms with Gasteiger partial charge in [0.25, 0.3) is 5.56 Å². The van der Waals surface area contributed by atoms with Crippen LogP contribution in [0, 0.1) is 0 Å². The van der Waals surface area contributed by atoms with E-state index < -0.39 is 11.5 Å². The number of benzene rings is 1. The van der Waals surface area contributed by atoms with Crippen LogP contribution in [0.15, 0.2) is 41.3 Å². The predicted molar refractivity (Wildman–Crippen MR) is 85.7 cm³/mol. The number of nitrogens with zero attached hydrogens (tertiary/aromatic N) is 3. The van der Waals surface area contributed by atoms with Gasteiger partial charge in [0.05, 0.1) is 6.20 Å². The average Bonchev–Trinajstić information content (AvgIpc) is 2.56. The molecule has 3 rings (SSSR count). The summed E-state index contributed by atoms with van der Waals surface area (Å²) in [6.07, 6.45) is 1.12. The van der Waals surface area contributed by atoms with Gasteiger partial charge in [-0.05, 0) is 5.56 Å². The molecule has 0 saturated carbocycles. The van der Waals surface area contributed by atoms with Gasteiger partial charge in [-0.3, -0.25) is 14.7 Å². The minimum Gasteiger partial charge on any atom is -0.477 e. The number of carboxylic acids is 1. The van der Waals surface area contributed by atoms with Gasteiger partial charge in [0, 0.05) is 32.7 Å². The molecule has 0 aliphatic carbocycles.